The first-order valence-electron chi connectivity index (χ1n) is 10.2. The van der Waals surface area contributed by atoms with Crippen LogP contribution in [0, 0.1) is 17.8 Å². The molecule has 2 fully saturated rings. The van der Waals surface area contributed by atoms with Gasteiger partial charge in [-0.2, -0.15) is 0 Å². The molecule has 1 saturated heterocycles. The number of ether oxygens (including phenoxy) is 1. The van der Waals surface area contributed by atoms with E-state index in [0.717, 1.165) is 31.1 Å². The van der Waals surface area contributed by atoms with Gasteiger partial charge in [0.15, 0.2) is 0 Å². The standard InChI is InChI=1S/C22H33NO2Se/c1-16(2)20-12-11-17(3)14-21(20)25-22(24)23-13-7-8-18(23)15-26-19-9-5-4-6-10-19/h4-6,9-10,16-18,20-21H,7-8,11-15H2,1-3H3/t17-,18?,20+,21-/m1/s1. The van der Waals surface area contributed by atoms with E-state index in [4.69, 9.17) is 4.74 Å². The third-order valence-electron chi connectivity index (χ3n) is 6.01. The van der Waals surface area contributed by atoms with Crippen LogP contribution >= 0.6 is 0 Å². The Morgan fingerprint density at radius 1 is 1.23 bits per heavy atom. The van der Waals surface area contributed by atoms with Gasteiger partial charge in [0, 0.05) is 0 Å². The van der Waals surface area contributed by atoms with Crippen molar-refractivity contribution in [2.24, 2.45) is 17.8 Å². The van der Waals surface area contributed by atoms with Crippen LogP contribution in [0.2, 0.25) is 5.32 Å². The number of carbonyl (C=O) groups excluding carboxylic acids is 1. The van der Waals surface area contributed by atoms with Gasteiger partial charge in [0.1, 0.15) is 0 Å². The zero-order chi connectivity index (χ0) is 18.5. The van der Waals surface area contributed by atoms with Crippen LogP contribution in [0.5, 0.6) is 0 Å². The molecule has 26 heavy (non-hydrogen) atoms. The Bertz CT molecular complexity index is 577. The van der Waals surface area contributed by atoms with Crippen molar-refractivity contribution in [3.8, 4) is 0 Å². The molecule has 0 radical (unpaired) electrons. The monoisotopic (exact) mass is 423 g/mol. The maximum atomic E-state index is 12.9. The van der Waals surface area contributed by atoms with Gasteiger partial charge in [-0.25, -0.2) is 0 Å². The van der Waals surface area contributed by atoms with Crippen molar-refractivity contribution in [1.29, 1.82) is 0 Å². The number of hydrogen-bond acceptors (Lipinski definition) is 2. The Morgan fingerprint density at radius 3 is 2.73 bits per heavy atom. The molecule has 3 rings (SSSR count). The first-order valence-corrected chi connectivity index (χ1v) is 12.3. The molecule has 0 N–H and O–H groups in total. The summed E-state index contributed by atoms with van der Waals surface area (Å²) < 4.78 is 7.51. The van der Waals surface area contributed by atoms with E-state index in [0.29, 0.717) is 38.8 Å². The summed E-state index contributed by atoms with van der Waals surface area (Å²) in [7, 11) is 0. The fraction of sp³-hybridized carbons (Fsp3) is 0.682. The molecule has 1 heterocycles. The number of nitrogens with zero attached hydrogens (tertiary/aromatic N) is 1. The summed E-state index contributed by atoms with van der Waals surface area (Å²) in [5, 5.41) is 1.10. The molecule has 3 nitrogen and oxygen atoms in total. The topological polar surface area (TPSA) is 29.5 Å². The van der Waals surface area contributed by atoms with E-state index in [1.54, 1.807) is 0 Å². The van der Waals surface area contributed by atoms with Gasteiger partial charge in [0.2, 0.25) is 0 Å². The first kappa shape index (κ1) is 19.8. The minimum absolute atomic E-state index is 0.0545. The summed E-state index contributed by atoms with van der Waals surface area (Å²) in [6.07, 6.45) is 5.77. The van der Waals surface area contributed by atoms with Crippen LogP contribution in [0.4, 0.5) is 4.79 Å². The molecule has 1 aromatic rings. The summed E-state index contributed by atoms with van der Waals surface area (Å²) in [4.78, 5) is 14.9. The van der Waals surface area contributed by atoms with E-state index in [2.05, 4.69) is 51.1 Å². The minimum atomic E-state index is -0.0545. The SMILES string of the molecule is CC(C)[C@@H]1CC[C@@H](C)C[C@H]1OC(=O)N1CCCC1C[Se]c1ccccc1. The van der Waals surface area contributed by atoms with Crippen LogP contribution in [0.1, 0.15) is 52.9 Å². The second-order valence-electron chi connectivity index (χ2n) is 8.36. The molecule has 144 valence electrons. The quantitative estimate of drug-likeness (QED) is 0.654. The number of rotatable bonds is 5. The molecule has 0 spiro atoms. The third-order valence-corrected chi connectivity index (χ3v) is 8.44. The summed E-state index contributed by atoms with van der Waals surface area (Å²) in [6, 6.07) is 11.0. The van der Waals surface area contributed by atoms with Crippen molar-refractivity contribution in [3.63, 3.8) is 0 Å². The second kappa shape index (κ2) is 9.28. The van der Waals surface area contributed by atoms with Crippen LogP contribution in [-0.4, -0.2) is 44.6 Å². The molecule has 4 heteroatoms. The normalized spacial score (nSPS) is 29.2. The summed E-state index contributed by atoms with van der Waals surface area (Å²) in [5.74, 6) is 1.76. The van der Waals surface area contributed by atoms with E-state index in [1.807, 2.05) is 4.90 Å². The zero-order valence-corrected chi connectivity index (χ0v) is 18.1. The van der Waals surface area contributed by atoms with Crippen LogP contribution in [-0.2, 0) is 4.74 Å². The van der Waals surface area contributed by atoms with E-state index >= 15 is 0 Å². The van der Waals surface area contributed by atoms with Crippen molar-refractivity contribution in [1.82, 2.24) is 4.90 Å². The molecule has 1 aromatic carbocycles. The number of likely N-dealkylation sites (tertiary alicyclic amines) is 1. The molecular weight excluding hydrogens is 389 g/mol. The van der Waals surface area contributed by atoms with Gasteiger partial charge in [-0.15, -0.1) is 0 Å². The Kier molecular flexibility index (Phi) is 7.05. The fourth-order valence-electron chi connectivity index (χ4n) is 4.41. The summed E-state index contributed by atoms with van der Waals surface area (Å²) >= 11 is 0.425. The van der Waals surface area contributed by atoms with Crippen LogP contribution < -0.4 is 4.46 Å². The predicted octanol–water partition coefficient (Wildman–Crippen LogP) is 4.50. The van der Waals surface area contributed by atoms with E-state index in [9.17, 15) is 4.79 Å². The van der Waals surface area contributed by atoms with E-state index < -0.39 is 0 Å². The number of carbonyl (C=O) groups is 1. The van der Waals surface area contributed by atoms with Crippen molar-refractivity contribution in [3.05, 3.63) is 30.3 Å². The molecule has 4 atom stereocenters. The molecule has 1 unspecified atom stereocenters. The molecule has 0 aromatic heterocycles. The predicted molar refractivity (Wildman–Crippen MR) is 108 cm³/mol. The van der Waals surface area contributed by atoms with Crippen molar-refractivity contribution >= 4 is 25.5 Å². The Balaban J connectivity index is 1.57. The van der Waals surface area contributed by atoms with E-state index in [1.165, 1.54) is 17.3 Å². The third kappa shape index (κ3) is 5.04. The molecule has 1 aliphatic carbocycles. The fourth-order valence-corrected chi connectivity index (χ4v) is 6.67. The van der Waals surface area contributed by atoms with Gasteiger partial charge in [-0.3, -0.25) is 0 Å². The Hall–Kier alpha value is -0.991. The van der Waals surface area contributed by atoms with Crippen LogP contribution in [0.3, 0.4) is 0 Å². The van der Waals surface area contributed by atoms with Crippen molar-refractivity contribution in [2.75, 3.05) is 6.54 Å². The van der Waals surface area contributed by atoms with Crippen molar-refractivity contribution < 1.29 is 9.53 Å². The van der Waals surface area contributed by atoms with Crippen molar-refractivity contribution in [2.45, 2.75) is 70.3 Å². The second-order valence-corrected chi connectivity index (χ2v) is 10.7. The Morgan fingerprint density at radius 2 is 2.00 bits per heavy atom. The molecule has 1 aliphatic heterocycles. The number of hydrogen-bond donors (Lipinski definition) is 0. The Labute approximate surface area is 165 Å². The molecule has 1 saturated carbocycles. The zero-order valence-electron chi connectivity index (χ0n) is 16.4. The average Bonchev–Trinajstić information content (AvgIpc) is 3.09. The molecular formula is C22H33NO2Se. The van der Waals surface area contributed by atoms with Crippen LogP contribution in [0.25, 0.3) is 0 Å². The molecule has 2 aliphatic rings. The average molecular weight is 422 g/mol. The van der Waals surface area contributed by atoms with Gasteiger partial charge in [0.05, 0.1) is 0 Å². The van der Waals surface area contributed by atoms with Crippen LogP contribution in [0.15, 0.2) is 30.3 Å². The molecule has 1 amide bonds. The molecule has 0 bridgehead atoms. The van der Waals surface area contributed by atoms with Gasteiger partial charge in [0.25, 0.3) is 0 Å². The number of benzene rings is 1. The number of amides is 1. The van der Waals surface area contributed by atoms with Gasteiger partial charge >= 0.3 is 165 Å². The maximum absolute atomic E-state index is 12.9. The summed E-state index contributed by atoms with van der Waals surface area (Å²) in [6.45, 7) is 7.69. The first-order chi connectivity index (χ1) is 12.5. The van der Waals surface area contributed by atoms with E-state index in [-0.39, 0.29) is 12.2 Å². The summed E-state index contributed by atoms with van der Waals surface area (Å²) in [5.41, 5.74) is 0. The van der Waals surface area contributed by atoms with Gasteiger partial charge < -0.3 is 0 Å². The van der Waals surface area contributed by atoms with Gasteiger partial charge in [-0.05, 0) is 0 Å². The van der Waals surface area contributed by atoms with Gasteiger partial charge in [-0.1, -0.05) is 0 Å².